The van der Waals surface area contributed by atoms with E-state index in [-0.39, 0.29) is 5.15 Å². The van der Waals surface area contributed by atoms with Gasteiger partial charge in [0.05, 0.1) is 15.9 Å². The molecule has 0 aliphatic carbocycles. The maximum absolute atomic E-state index is 5.99. The summed E-state index contributed by atoms with van der Waals surface area (Å²) in [6.45, 7) is 3.72. The van der Waals surface area contributed by atoms with Crippen molar-refractivity contribution in [1.29, 1.82) is 0 Å². The average Bonchev–Trinajstić information content (AvgIpc) is 2.29. The van der Waals surface area contributed by atoms with Gasteiger partial charge < -0.3 is 4.74 Å². The fourth-order valence-electron chi connectivity index (χ4n) is 1.25. The lowest BCUT2D eigenvalue weighted by Crippen LogP contribution is -1.97. The largest absolute Gasteiger partial charge is 0.435 e. The molecule has 2 rings (SSSR count). The summed E-state index contributed by atoms with van der Waals surface area (Å²) in [7, 11) is 0. The van der Waals surface area contributed by atoms with Gasteiger partial charge in [0.1, 0.15) is 5.75 Å². The van der Waals surface area contributed by atoms with Crippen molar-refractivity contribution < 1.29 is 4.74 Å². The molecule has 88 valence electrons. The van der Waals surface area contributed by atoms with Crippen molar-refractivity contribution in [1.82, 2.24) is 9.97 Å². The lowest BCUT2D eigenvalue weighted by molar-refractivity contribution is 0.455. The monoisotopic (exact) mass is 312 g/mol. The third-order valence-electron chi connectivity index (χ3n) is 2.28. The van der Waals surface area contributed by atoms with Crippen LogP contribution in [0.15, 0.2) is 28.7 Å². The summed E-state index contributed by atoms with van der Waals surface area (Å²) in [6, 6.07) is 7.50. The van der Waals surface area contributed by atoms with Crippen LogP contribution in [-0.2, 0) is 0 Å². The minimum atomic E-state index is 0.267. The normalized spacial score (nSPS) is 10.4. The number of halogens is 2. The van der Waals surface area contributed by atoms with Crippen LogP contribution in [0.1, 0.15) is 11.4 Å². The van der Waals surface area contributed by atoms with Gasteiger partial charge in [0.2, 0.25) is 0 Å². The van der Waals surface area contributed by atoms with Crippen molar-refractivity contribution >= 4 is 27.5 Å². The summed E-state index contributed by atoms with van der Waals surface area (Å²) in [5, 5.41) is 0.267. The fraction of sp³-hybridized carbons (Fsp3) is 0.167. The zero-order valence-corrected chi connectivity index (χ0v) is 11.7. The Morgan fingerprint density at radius 2 is 1.76 bits per heavy atom. The molecule has 1 aromatic heterocycles. The van der Waals surface area contributed by atoms with Gasteiger partial charge in [-0.3, -0.25) is 0 Å². The van der Waals surface area contributed by atoms with Crippen LogP contribution in [0.3, 0.4) is 0 Å². The Kier molecular flexibility index (Phi) is 3.64. The molecule has 0 atom stereocenters. The molecule has 0 aliphatic heterocycles. The van der Waals surface area contributed by atoms with Crippen molar-refractivity contribution in [3.8, 4) is 11.6 Å². The number of hydrogen-bond acceptors (Lipinski definition) is 3. The number of ether oxygens (including phenoxy) is 1. The molecule has 0 bridgehead atoms. The molecule has 0 N–H and O–H groups in total. The van der Waals surface area contributed by atoms with E-state index in [0.29, 0.717) is 11.6 Å². The van der Waals surface area contributed by atoms with Crippen LogP contribution >= 0.6 is 27.5 Å². The standard InChI is InChI=1S/C12H10BrClN2O/c1-7-8(2)16-12(11(14)15-7)17-10-6-4-3-5-9(10)13/h3-6H,1-2H3. The van der Waals surface area contributed by atoms with Crippen LogP contribution in [0, 0.1) is 13.8 Å². The van der Waals surface area contributed by atoms with Crippen LogP contribution in [-0.4, -0.2) is 9.97 Å². The Labute approximate surface area is 113 Å². The van der Waals surface area contributed by atoms with E-state index < -0.39 is 0 Å². The minimum absolute atomic E-state index is 0.267. The third kappa shape index (κ3) is 2.76. The number of para-hydroxylation sites is 1. The predicted molar refractivity (Wildman–Crippen MR) is 70.7 cm³/mol. The molecule has 0 unspecified atom stereocenters. The molecule has 17 heavy (non-hydrogen) atoms. The predicted octanol–water partition coefficient (Wildman–Crippen LogP) is 4.30. The highest BCUT2D eigenvalue weighted by Gasteiger charge is 2.10. The van der Waals surface area contributed by atoms with Crippen molar-refractivity contribution in [3.05, 3.63) is 45.3 Å². The van der Waals surface area contributed by atoms with Gasteiger partial charge in [-0.25, -0.2) is 9.97 Å². The second kappa shape index (κ2) is 5.02. The van der Waals surface area contributed by atoms with Gasteiger partial charge in [0, 0.05) is 0 Å². The number of aromatic nitrogens is 2. The lowest BCUT2D eigenvalue weighted by atomic mass is 10.3. The first kappa shape index (κ1) is 12.3. The minimum Gasteiger partial charge on any atom is -0.435 e. The summed E-state index contributed by atoms with van der Waals surface area (Å²) in [6.07, 6.45) is 0. The first-order valence-electron chi connectivity index (χ1n) is 5.01. The first-order valence-corrected chi connectivity index (χ1v) is 6.18. The second-order valence-electron chi connectivity index (χ2n) is 3.52. The van der Waals surface area contributed by atoms with Crippen molar-refractivity contribution in [3.63, 3.8) is 0 Å². The highest BCUT2D eigenvalue weighted by molar-refractivity contribution is 9.10. The quantitative estimate of drug-likeness (QED) is 0.829. The summed E-state index contributed by atoms with van der Waals surface area (Å²) in [5.41, 5.74) is 1.60. The molecule has 5 heteroatoms. The Morgan fingerprint density at radius 3 is 2.47 bits per heavy atom. The van der Waals surface area contributed by atoms with Crippen LogP contribution in [0.2, 0.25) is 5.15 Å². The number of aryl methyl sites for hydroxylation is 2. The average molecular weight is 314 g/mol. The van der Waals surface area contributed by atoms with E-state index in [4.69, 9.17) is 16.3 Å². The molecular formula is C12H10BrClN2O. The van der Waals surface area contributed by atoms with E-state index in [9.17, 15) is 0 Å². The highest BCUT2D eigenvalue weighted by atomic mass is 79.9. The van der Waals surface area contributed by atoms with E-state index in [1.807, 2.05) is 38.1 Å². The van der Waals surface area contributed by atoms with Crippen molar-refractivity contribution in [2.45, 2.75) is 13.8 Å². The number of nitrogens with zero attached hydrogens (tertiary/aromatic N) is 2. The Hall–Kier alpha value is -1.13. The molecule has 0 saturated carbocycles. The van der Waals surface area contributed by atoms with Crippen molar-refractivity contribution in [2.75, 3.05) is 0 Å². The van der Waals surface area contributed by atoms with Gasteiger partial charge >= 0.3 is 0 Å². The second-order valence-corrected chi connectivity index (χ2v) is 4.74. The molecule has 0 spiro atoms. The summed E-state index contributed by atoms with van der Waals surface area (Å²) in [4.78, 5) is 8.43. The van der Waals surface area contributed by atoms with Crippen LogP contribution in [0.4, 0.5) is 0 Å². The van der Waals surface area contributed by atoms with Gasteiger partial charge in [-0.1, -0.05) is 23.7 Å². The van der Waals surface area contributed by atoms with Gasteiger partial charge in [-0.15, -0.1) is 0 Å². The van der Waals surface area contributed by atoms with Gasteiger partial charge in [-0.2, -0.15) is 0 Å². The molecule has 0 radical (unpaired) electrons. The SMILES string of the molecule is Cc1nc(Cl)c(Oc2ccccc2Br)nc1C. The first-order chi connectivity index (χ1) is 8.08. The molecular weight excluding hydrogens is 304 g/mol. The Morgan fingerprint density at radius 1 is 1.12 bits per heavy atom. The lowest BCUT2D eigenvalue weighted by Gasteiger charge is -2.09. The molecule has 1 aromatic carbocycles. The number of hydrogen-bond donors (Lipinski definition) is 0. The molecule has 0 aliphatic rings. The maximum atomic E-state index is 5.99. The molecule has 0 saturated heterocycles. The zero-order chi connectivity index (χ0) is 12.4. The van der Waals surface area contributed by atoms with Gasteiger partial charge in [0.25, 0.3) is 5.88 Å². The molecule has 2 aromatic rings. The van der Waals surface area contributed by atoms with Crippen LogP contribution in [0.25, 0.3) is 0 Å². The highest BCUT2D eigenvalue weighted by Crippen LogP contribution is 2.31. The maximum Gasteiger partial charge on any atom is 0.257 e. The Balaban J connectivity index is 2.37. The smallest absolute Gasteiger partial charge is 0.257 e. The van der Waals surface area contributed by atoms with E-state index in [0.717, 1.165) is 15.9 Å². The topological polar surface area (TPSA) is 35.0 Å². The number of rotatable bonds is 2. The molecule has 3 nitrogen and oxygen atoms in total. The van der Waals surface area contributed by atoms with E-state index in [1.54, 1.807) is 0 Å². The van der Waals surface area contributed by atoms with Crippen LogP contribution in [0.5, 0.6) is 11.6 Å². The summed E-state index contributed by atoms with van der Waals surface area (Å²) in [5.74, 6) is 0.980. The molecule has 0 amide bonds. The van der Waals surface area contributed by atoms with Crippen molar-refractivity contribution in [2.24, 2.45) is 0 Å². The zero-order valence-electron chi connectivity index (χ0n) is 9.37. The fourth-order valence-corrected chi connectivity index (χ4v) is 1.83. The van der Waals surface area contributed by atoms with E-state index in [1.165, 1.54) is 0 Å². The van der Waals surface area contributed by atoms with Gasteiger partial charge in [0.15, 0.2) is 5.15 Å². The third-order valence-corrected chi connectivity index (χ3v) is 3.18. The summed E-state index contributed by atoms with van der Waals surface area (Å²) >= 11 is 9.38. The van der Waals surface area contributed by atoms with Gasteiger partial charge in [-0.05, 0) is 41.9 Å². The number of benzene rings is 1. The van der Waals surface area contributed by atoms with E-state index >= 15 is 0 Å². The Bertz CT molecular complexity index is 560. The van der Waals surface area contributed by atoms with E-state index in [2.05, 4.69) is 25.9 Å². The molecule has 1 heterocycles. The molecule has 0 fully saturated rings. The summed E-state index contributed by atoms with van der Waals surface area (Å²) < 4.78 is 6.47. The van der Waals surface area contributed by atoms with Crippen LogP contribution < -0.4 is 4.74 Å².